The summed E-state index contributed by atoms with van der Waals surface area (Å²) in [5, 5.41) is 7.55. The smallest absolute Gasteiger partial charge is 0.160 e. The lowest BCUT2D eigenvalue weighted by Crippen LogP contribution is -1.77. The minimum absolute atomic E-state index is 0. The van der Waals surface area contributed by atoms with Gasteiger partial charge in [-0.05, 0) is 12.1 Å². The van der Waals surface area contributed by atoms with E-state index in [0.717, 1.165) is 5.65 Å². The van der Waals surface area contributed by atoms with Gasteiger partial charge in [0.15, 0.2) is 5.65 Å². The van der Waals surface area contributed by atoms with Gasteiger partial charge in [0.05, 0.1) is 0 Å². The van der Waals surface area contributed by atoms with Gasteiger partial charge in [-0.25, -0.2) is 0 Å². The Bertz CT molecular complexity index is 285. The molecule has 14 heavy (non-hydrogen) atoms. The molecule has 0 aromatic carbocycles. The Hall–Kier alpha value is -1.38. The maximum atomic E-state index is 3.83. The van der Waals surface area contributed by atoms with Crippen molar-refractivity contribution in [3.63, 3.8) is 0 Å². The third-order valence-electron chi connectivity index (χ3n) is 1.20. The first-order chi connectivity index (χ1) is 6.47. The summed E-state index contributed by atoms with van der Waals surface area (Å²) >= 11 is 0. The second-order valence-corrected chi connectivity index (χ2v) is 1.80. The number of hydrogen-bond acceptors (Lipinski definition) is 2. The highest BCUT2D eigenvalue weighted by atomic mass is 15.2. The van der Waals surface area contributed by atoms with Crippen molar-refractivity contribution < 1.29 is 0 Å². The highest BCUT2D eigenvalue weighted by Gasteiger charge is 1.87. The van der Waals surface area contributed by atoms with Crippen LogP contribution in [0.25, 0.3) is 5.65 Å². The SMILES string of the molecule is C.CC.CC.c1ccn2cnnc2c1. The average molecular weight is 195 g/mol. The van der Waals surface area contributed by atoms with Gasteiger partial charge in [0.1, 0.15) is 6.33 Å². The van der Waals surface area contributed by atoms with Crippen molar-refractivity contribution in [3.8, 4) is 0 Å². The number of aromatic nitrogens is 3. The van der Waals surface area contributed by atoms with Crippen LogP contribution in [0.4, 0.5) is 0 Å². The molecule has 0 fully saturated rings. The number of pyridine rings is 1. The van der Waals surface area contributed by atoms with Gasteiger partial charge in [0, 0.05) is 6.20 Å². The van der Waals surface area contributed by atoms with E-state index in [-0.39, 0.29) is 7.43 Å². The molecule has 0 aliphatic rings. The Labute approximate surface area is 86.8 Å². The fourth-order valence-corrected chi connectivity index (χ4v) is 0.770. The van der Waals surface area contributed by atoms with Crippen molar-refractivity contribution in [2.75, 3.05) is 0 Å². The summed E-state index contributed by atoms with van der Waals surface area (Å²) in [7, 11) is 0. The van der Waals surface area contributed by atoms with Crippen LogP contribution in [0, 0.1) is 0 Å². The first-order valence-corrected chi connectivity index (χ1v) is 4.71. The minimum Gasteiger partial charge on any atom is -0.289 e. The first kappa shape index (κ1) is 15.1. The second-order valence-electron chi connectivity index (χ2n) is 1.80. The molecule has 2 aromatic heterocycles. The predicted octanol–water partition coefficient (Wildman–Crippen LogP) is 3.42. The Balaban J connectivity index is 0. The minimum atomic E-state index is 0. The number of rotatable bonds is 0. The van der Waals surface area contributed by atoms with Crippen LogP contribution >= 0.6 is 0 Å². The summed E-state index contributed by atoms with van der Waals surface area (Å²) in [6.45, 7) is 8.00. The topological polar surface area (TPSA) is 30.2 Å². The molecule has 3 nitrogen and oxygen atoms in total. The van der Waals surface area contributed by atoms with Crippen LogP contribution in [0.1, 0.15) is 35.1 Å². The summed E-state index contributed by atoms with van der Waals surface area (Å²) in [6.07, 6.45) is 3.59. The number of hydrogen-bond donors (Lipinski definition) is 0. The van der Waals surface area contributed by atoms with Gasteiger partial charge in [-0.3, -0.25) is 4.40 Å². The highest BCUT2D eigenvalue weighted by molar-refractivity contribution is 5.34. The summed E-state index contributed by atoms with van der Waals surface area (Å²) in [4.78, 5) is 0. The van der Waals surface area contributed by atoms with Crippen molar-refractivity contribution in [1.29, 1.82) is 0 Å². The van der Waals surface area contributed by atoms with E-state index in [2.05, 4.69) is 10.2 Å². The average Bonchev–Trinajstić information content (AvgIpc) is 2.71. The van der Waals surface area contributed by atoms with E-state index in [9.17, 15) is 0 Å². The van der Waals surface area contributed by atoms with Gasteiger partial charge < -0.3 is 0 Å². The van der Waals surface area contributed by atoms with Gasteiger partial charge >= 0.3 is 0 Å². The van der Waals surface area contributed by atoms with Gasteiger partial charge in [-0.2, -0.15) is 0 Å². The molecule has 80 valence electrons. The lowest BCUT2D eigenvalue weighted by Gasteiger charge is -1.84. The highest BCUT2D eigenvalue weighted by Crippen LogP contribution is 1.94. The van der Waals surface area contributed by atoms with Gasteiger partial charge in [0.2, 0.25) is 0 Å². The molecule has 0 atom stereocenters. The van der Waals surface area contributed by atoms with Crippen LogP contribution < -0.4 is 0 Å². The summed E-state index contributed by atoms with van der Waals surface area (Å²) < 4.78 is 1.86. The first-order valence-electron chi connectivity index (χ1n) is 4.71. The molecule has 0 saturated carbocycles. The number of nitrogens with zero attached hydrogens (tertiary/aromatic N) is 3. The zero-order valence-electron chi connectivity index (χ0n) is 8.73. The molecule has 2 rings (SSSR count). The summed E-state index contributed by atoms with van der Waals surface area (Å²) in [5.74, 6) is 0. The zero-order chi connectivity index (χ0) is 10.1. The maximum absolute atomic E-state index is 3.83. The van der Waals surface area contributed by atoms with Crippen LogP contribution in [0.15, 0.2) is 30.7 Å². The van der Waals surface area contributed by atoms with Crippen LogP contribution in [0.3, 0.4) is 0 Å². The lowest BCUT2D eigenvalue weighted by atomic mass is 10.5. The van der Waals surface area contributed by atoms with Crippen molar-refractivity contribution >= 4 is 5.65 Å². The molecule has 0 spiro atoms. The zero-order valence-corrected chi connectivity index (χ0v) is 8.73. The van der Waals surface area contributed by atoms with Crippen LogP contribution in [-0.4, -0.2) is 14.6 Å². The molecule has 0 aliphatic heterocycles. The van der Waals surface area contributed by atoms with E-state index in [1.54, 1.807) is 6.33 Å². The van der Waals surface area contributed by atoms with E-state index in [1.807, 2.05) is 56.5 Å². The molecular weight excluding hydrogens is 174 g/mol. The molecule has 0 N–H and O–H groups in total. The maximum Gasteiger partial charge on any atom is 0.160 e. The predicted molar refractivity (Wildman–Crippen MR) is 62.4 cm³/mol. The molecule has 0 saturated heterocycles. The third-order valence-corrected chi connectivity index (χ3v) is 1.20. The molecule has 0 bridgehead atoms. The van der Waals surface area contributed by atoms with Crippen molar-refractivity contribution in [2.45, 2.75) is 35.1 Å². The molecule has 0 radical (unpaired) electrons. The van der Waals surface area contributed by atoms with Crippen LogP contribution in [0.5, 0.6) is 0 Å². The van der Waals surface area contributed by atoms with Gasteiger partial charge in [-0.1, -0.05) is 41.2 Å². The van der Waals surface area contributed by atoms with Crippen molar-refractivity contribution in [1.82, 2.24) is 14.6 Å². The quantitative estimate of drug-likeness (QED) is 0.644. The number of fused-ring (bicyclic) bond motifs is 1. The second kappa shape index (κ2) is 9.71. The summed E-state index contributed by atoms with van der Waals surface area (Å²) in [6, 6.07) is 5.79. The largest absolute Gasteiger partial charge is 0.289 e. The molecule has 0 amide bonds. The Kier molecular flexibility index (Phi) is 10.5. The van der Waals surface area contributed by atoms with Crippen molar-refractivity contribution in [3.05, 3.63) is 30.7 Å². The van der Waals surface area contributed by atoms with E-state index in [0.29, 0.717) is 0 Å². The summed E-state index contributed by atoms with van der Waals surface area (Å²) in [5.41, 5.74) is 0.887. The molecule has 2 heterocycles. The normalized spacial score (nSPS) is 7.43. The Morgan fingerprint density at radius 1 is 1.07 bits per heavy atom. The van der Waals surface area contributed by atoms with E-state index < -0.39 is 0 Å². The Morgan fingerprint density at radius 3 is 2.29 bits per heavy atom. The molecule has 2 aromatic rings. The van der Waals surface area contributed by atoms with Crippen LogP contribution in [-0.2, 0) is 0 Å². The third kappa shape index (κ3) is 4.03. The molecule has 3 heteroatoms. The lowest BCUT2D eigenvalue weighted by molar-refractivity contribution is 1.10. The standard InChI is InChI=1S/C6H5N3.2C2H6.CH4/c1-2-4-9-5-7-8-6(9)3-1;2*1-2;/h1-5H;2*1-2H3;1H4. The van der Waals surface area contributed by atoms with E-state index in [1.165, 1.54) is 0 Å². The van der Waals surface area contributed by atoms with E-state index in [4.69, 9.17) is 0 Å². The molecule has 0 aliphatic carbocycles. The van der Waals surface area contributed by atoms with E-state index >= 15 is 0 Å². The molecular formula is C11H21N3. The van der Waals surface area contributed by atoms with Crippen molar-refractivity contribution in [2.24, 2.45) is 0 Å². The monoisotopic (exact) mass is 195 g/mol. The fourth-order valence-electron chi connectivity index (χ4n) is 0.770. The fraction of sp³-hybridized carbons (Fsp3) is 0.455. The van der Waals surface area contributed by atoms with Gasteiger partial charge in [-0.15, -0.1) is 10.2 Å². The van der Waals surface area contributed by atoms with Gasteiger partial charge in [0.25, 0.3) is 0 Å². The molecule has 0 unspecified atom stereocenters. The Morgan fingerprint density at radius 2 is 1.71 bits per heavy atom. The van der Waals surface area contributed by atoms with Crippen LogP contribution in [0.2, 0.25) is 0 Å².